The lowest BCUT2D eigenvalue weighted by atomic mass is 10.2. The van der Waals surface area contributed by atoms with Crippen LogP contribution in [0.1, 0.15) is 32.3 Å². The summed E-state index contributed by atoms with van der Waals surface area (Å²) >= 11 is 0. The Kier molecular flexibility index (Phi) is 9.67. The van der Waals surface area contributed by atoms with Gasteiger partial charge in [-0.2, -0.15) is 4.31 Å². The van der Waals surface area contributed by atoms with Gasteiger partial charge in [0.25, 0.3) is 5.91 Å². The average Bonchev–Trinajstić information content (AvgIpc) is 2.77. The summed E-state index contributed by atoms with van der Waals surface area (Å²) < 4.78 is 36.8. The van der Waals surface area contributed by atoms with Crippen LogP contribution in [0.2, 0.25) is 0 Å². The van der Waals surface area contributed by atoms with E-state index in [-0.39, 0.29) is 11.3 Å². The maximum atomic E-state index is 12.5. The summed E-state index contributed by atoms with van der Waals surface area (Å²) in [4.78, 5) is 24.0. The molecular formula is C23H30N2O6S. The van der Waals surface area contributed by atoms with E-state index in [0.717, 1.165) is 11.3 Å². The van der Waals surface area contributed by atoms with Crippen LogP contribution in [0.4, 0.5) is 5.69 Å². The van der Waals surface area contributed by atoms with Gasteiger partial charge >= 0.3 is 5.97 Å². The summed E-state index contributed by atoms with van der Waals surface area (Å²) in [5.41, 5.74) is 1.55. The van der Waals surface area contributed by atoms with Crippen molar-refractivity contribution in [3.8, 4) is 5.75 Å². The normalized spacial score (nSPS) is 11.2. The Labute approximate surface area is 189 Å². The Bertz CT molecular complexity index is 984. The molecule has 9 heteroatoms. The first-order valence-electron chi connectivity index (χ1n) is 10.5. The number of nitrogens with zero attached hydrogens (tertiary/aromatic N) is 1. The van der Waals surface area contributed by atoms with Gasteiger partial charge in [-0.1, -0.05) is 31.5 Å². The average molecular weight is 463 g/mol. The van der Waals surface area contributed by atoms with Gasteiger partial charge in [-0.25, -0.2) is 8.42 Å². The topological polar surface area (TPSA) is 102 Å². The van der Waals surface area contributed by atoms with Gasteiger partial charge in [0.2, 0.25) is 10.0 Å². The molecule has 0 fully saturated rings. The number of benzene rings is 2. The van der Waals surface area contributed by atoms with Crippen molar-refractivity contribution in [2.45, 2.75) is 38.5 Å². The SMILES string of the molecule is CCN(CC)S(=O)(=O)c1ccc(NC(=O)COC(=O)CCCOc2ccc(C)cc2)cc1. The van der Waals surface area contributed by atoms with Crippen LogP contribution in [0, 0.1) is 6.92 Å². The molecule has 0 aliphatic heterocycles. The first-order valence-corrected chi connectivity index (χ1v) is 12.0. The summed E-state index contributed by atoms with van der Waals surface area (Å²) in [5, 5.41) is 2.58. The van der Waals surface area contributed by atoms with Gasteiger partial charge in [0, 0.05) is 25.2 Å². The van der Waals surface area contributed by atoms with Crippen molar-refractivity contribution in [1.82, 2.24) is 4.31 Å². The predicted molar refractivity (Wildman–Crippen MR) is 122 cm³/mol. The molecule has 8 nitrogen and oxygen atoms in total. The lowest BCUT2D eigenvalue weighted by Crippen LogP contribution is -2.30. The highest BCUT2D eigenvalue weighted by Crippen LogP contribution is 2.18. The molecule has 0 heterocycles. The van der Waals surface area contributed by atoms with Crippen molar-refractivity contribution in [3.63, 3.8) is 0 Å². The number of rotatable bonds is 12. The summed E-state index contributed by atoms with van der Waals surface area (Å²) in [5.74, 6) is -0.263. The third-order valence-electron chi connectivity index (χ3n) is 4.66. The van der Waals surface area contributed by atoms with E-state index in [1.807, 2.05) is 31.2 Å². The van der Waals surface area contributed by atoms with E-state index in [9.17, 15) is 18.0 Å². The molecule has 0 aliphatic carbocycles. The fraction of sp³-hybridized carbons (Fsp3) is 0.391. The van der Waals surface area contributed by atoms with Crippen molar-refractivity contribution in [2.75, 3.05) is 31.6 Å². The van der Waals surface area contributed by atoms with Gasteiger partial charge < -0.3 is 14.8 Å². The fourth-order valence-corrected chi connectivity index (χ4v) is 4.34. The molecule has 0 saturated carbocycles. The molecule has 2 aromatic rings. The zero-order chi connectivity index (χ0) is 23.6. The van der Waals surface area contributed by atoms with E-state index in [2.05, 4.69) is 5.32 Å². The highest BCUT2D eigenvalue weighted by molar-refractivity contribution is 7.89. The van der Waals surface area contributed by atoms with Crippen molar-refractivity contribution >= 4 is 27.6 Å². The Hall–Kier alpha value is -2.91. The monoisotopic (exact) mass is 462 g/mol. The van der Waals surface area contributed by atoms with E-state index in [1.165, 1.54) is 28.6 Å². The maximum Gasteiger partial charge on any atom is 0.306 e. The van der Waals surface area contributed by atoms with Crippen LogP contribution in [0.3, 0.4) is 0 Å². The summed E-state index contributed by atoms with van der Waals surface area (Å²) in [6, 6.07) is 13.5. The number of anilines is 1. The Morgan fingerprint density at radius 1 is 0.969 bits per heavy atom. The van der Waals surface area contributed by atoms with Crippen LogP contribution in [-0.4, -0.2) is 50.9 Å². The molecule has 0 aliphatic rings. The van der Waals surface area contributed by atoms with Gasteiger partial charge in [-0.05, 0) is 49.7 Å². The summed E-state index contributed by atoms with van der Waals surface area (Å²) in [7, 11) is -3.56. The van der Waals surface area contributed by atoms with Crippen molar-refractivity contribution in [1.29, 1.82) is 0 Å². The molecule has 1 amide bonds. The molecule has 0 saturated heterocycles. The minimum atomic E-state index is -3.56. The second-order valence-electron chi connectivity index (χ2n) is 7.09. The zero-order valence-corrected chi connectivity index (χ0v) is 19.5. The van der Waals surface area contributed by atoms with Gasteiger partial charge in [0.15, 0.2) is 6.61 Å². The van der Waals surface area contributed by atoms with E-state index in [0.29, 0.717) is 31.8 Å². The minimum absolute atomic E-state index is 0.136. The van der Waals surface area contributed by atoms with Crippen LogP contribution >= 0.6 is 0 Å². The van der Waals surface area contributed by atoms with E-state index in [1.54, 1.807) is 13.8 Å². The minimum Gasteiger partial charge on any atom is -0.494 e. The number of aryl methyl sites for hydroxylation is 1. The number of amides is 1. The van der Waals surface area contributed by atoms with Crippen molar-refractivity contribution in [3.05, 3.63) is 54.1 Å². The first kappa shape index (κ1) is 25.4. The van der Waals surface area contributed by atoms with Crippen LogP contribution in [0.5, 0.6) is 5.75 Å². The third kappa shape index (κ3) is 7.65. The Morgan fingerprint density at radius 2 is 1.59 bits per heavy atom. The van der Waals surface area contributed by atoms with Gasteiger partial charge in [-0.15, -0.1) is 0 Å². The molecule has 174 valence electrons. The number of carbonyl (C=O) groups is 2. The van der Waals surface area contributed by atoms with Crippen LogP contribution in [-0.2, 0) is 24.3 Å². The Morgan fingerprint density at radius 3 is 2.19 bits per heavy atom. The van der Waals surface area contributed by atoms with Gasteiger partial charge in [0.05, 0.1) is 11.5 Å². The molecule has 0 aromatic heterocycles. The second kappa shape index (κ2) is 12.2. The predicted octanol–water partition coefficient (Wildman–Crippen LogP) is 3.37. The molecule has 2 rings (SSSR count). The first-order chi connectivity index (χ1) is 15.3. The summed E-state index contributed by atoms with van der Waals surface area (Å²) in [6.45, 7) is 6.23. The molecule has 0 radical (unpaired) electrons. The third-order valence-corrected chi connectivity index (χ3v) is 6.72. The van der Waals surface area contributed by atoms with E-state index < -0.39 is 28.5 Å². The molecule has 0 unspecified atom stereocenters. The largest absolute Gasteiger partial charge is 0.494 e. The fourth-order valence-electron chi connectivity index (χ4n) is 2.88. The molecule has 0 bridgehead atoms. The molecule has 0 spiro atoms. The smallest absolute Gasteiger partial charge is 0.306 e. The number of esters is 1. The van der Waals surface area contributed by atoms with Gasteiger partial charge in [0.1, 0.15) is 5.75 Å². The highest BCUT2D eigenvalue weighted by Gasteiger charge is 2.21. The standard InChI is InChI=1S/C23H30N2O6S/c1-4-25(5-2)32(28,29)21-14-10-19(11-15-21)24-22(26)17-31-23(27)7-6-16-30-20-12-8-18(3)9-13-20/h8-15H,4-7,16-17H2,1-3H3,(H,24,26). The number of hydrogen-bond acceptors (Lipinski definition) is 6. The maximum absolute atomic E-state index is 12.5. The van der Waals surface area contributed by atoms with Crippen LogP contribution in [0.15, 0.2) is 53.4 Å². The number of sulfonamides is 1. The van der Waals surface area contributed by atoms with Crippen LogP contribution < -0.4 is 10.1 Å². The van der Waals surface area contributed by atoms with Gasteiger partial charge in [-0.3, -0.25) is 9.59 Å². The zero-order valence-electron chi connectivity index (χ0n) is 18.7. The Balaban J connectivity index is 1.72. The lowest BCUT2D eigenvalue weighted by molar-refractivity contribution is -0.147. The highest BCUT2D eigenvalue weighted by atomic mass is 32.2. The number of nitrogens with one attached hydrogen (secondary N) is 1. The number of carbonyl (C=O) groups excluding carboxylic acids is 2. The van der Waals surface area contributed by atoms with Crippen molar-refractivity contribution < 1.29 is 27.5 Å². The van der Waals surface area contributed by atoms with Crippen molar-refractivity contribution in [2.24, 2.45) is 0 Å². The molecule has 1 N–H and O–H groups in total. The number of hydrogen-bond donors (Lipinski definition) is 1. The second-order valence-corrected chi connectivity index (χ2v) is 9.03. The molecule has 2 aromatic carbocycles. The lowest BCUT2D eigenvalue weighted by Gasteiger charge is -2.18. The van der Waals surface area contributed by atoms with Crippen LogP contribution in [0.25, 0.3) is 0 Å². The quantitative estimate of drug-likeness (QED) is 0.383. The van der Waals surface area contributed by atoms with E-state index in [4.69, 9.17) is 9.47 Å². The summed E-state index contributed by atoms with van der Waals surface area (Å²) in [6.07, 6.45) is 0.605. The number of ether oxygens (including phenoxy) is 2. The molecule has 0 atom stereocenters. The van der Waals surface area contributed by atoms with E-state index >= 15 is 0 Å². The molecule has 32 heavy (non-hydrogen) atoms. The molecular weight excluding hydrogens is 432 g/mol.